The average molecular weight is 306 g/mol. The Hall–Kier alpha value is -1.75. The smallest absolute Gasteiger partial charge is 0.250 e. The van der Waals surface area contributed by atoms with Crippen molar-refractivity contribution < 1.29 is 21.6 Å². The van der Waals surface area contributed by atoms with E-state index in [1.165, 1.54) is 7.11 Å². The molecule has 104 valence electrons. The van der Waals surface area contributed by atoms with Crippen LogP contribution in [0.15, 0.2) is 10.2 Å². The molecule has 0 atom stereocenters. The number of ether oxygens (including phenoxy) is 1. The van der Waals surface area contributed by atoms with Gasteiger partial charge in [-0.05, 0) is 0 Å². The van der Waals surface area contributed by atoms with Crippen molar-refractivity contribution in [3.8, 4) is 5.88 Å². The average Bonchev–Trinajstić information content (AvgIpc) is 2.67. The van der Waals surface area contributed by atoms with Crippen molar-refractivity contribution in [3.05, 3.63) is 0 Å². The van der Waals surface area contributed by atoms with Crippen molar-refractivity contribution >= 4 is 30.7 Å². The molecule has 0 aliphatic heterocycles. The second kappa shape index (κ2) is 4.13. The molecule has 0 spiro atoms. The van der Waals surface area contributed by atoms with Crippen LogP contribution >= 0.6 is 0 Å². The summed E-state index contributed by atoms with van der Waals surface area (Å²) in [4.78, 5) is 7.30. The van der Waals surface area contributed by atoms with E-state index in [0.29, 0.717) is 0 Å². The highest BCUT2D eigenvalue weighted by atomic mass is 32.2. The lowest BCUT2D eigenvalue weighted by Crippen LogP contribution is -2.10. The van der Waals surface area contributed by atoms with E-state index in [9.17, 15) is 16.8 Å². The van der Waals surface area contributed by atoms with E-state index in [-0.39, 0.29) is 16.9 Å². The molecule has 0 unspecified atom stereocenters. The molecule has 0 radical (unpaired) electrons. The van der Waals surface area contributed by atoms with Crippen LogP contribution in [0.5, 0.6) is 5.88 Å². The van der Waals surface area contributed by atoms with Crippen LogP contribution in [0, 0.1) is 0 Å². The maximum absolute atomic E-state index is 11.7. The number of nitrogens with one attached hydrogen (secondary N) is 1. The van der Waals surface area contributed by atoms with Gasteiger partial charge in [-0.3, -0.25) is 0 Å². The monoisotopic (exact) mass is 306 g/mol. The van der Waals surface area contributed by atoms with Gasteiger partial charge in [-0.1, -0.05) is 0 Å². The first-order valence-corrected chi connectivity index (χ1v) is 8.63. The molecule has 0 saturated carbocycles. The fraction of sp³-hybridized carbons (Fsp3) is 0.375. The van der Waals surface area contributed by atoms with Crippen molar-refractivity contribution in [1.82, 2.24) is 20.2 Å². The van der Waals surface area contributed by atoms with Crippen LogP contribution in [-0.2, 0) is 19.7 Å². The van der Waals surface area contributed by atoms with E-state index in [2.05, 4.69) is 20.2 Å². The van der Waals surface area contributed by atoms with Crippen LogP contribution in [0.4, 0.5) is 0 Å². The largest absolute Gasteiger partial charge is 0.481 e. The minimum atomic E-state index is -3.77. The fourth-order valence-electron chi connectivity index (χ4n) is 1.43. The molecule has 0 aliphatic rings. The van der Waals surface area contributed by atoms with Crippen LogP contribution < -0.4 is 4.74 Å². The van der Waals surface area contributed by atoms with Crippen molar-refractivity contribution in [2.24, 2.45) is 0 Å². The van der Waals surface area contributed by atoms with E-state index in [1.54, 1.807) is 0 Å². The third kappa shape index (κ3) is 2.38. The van der Waals surface area contributed by atoms with Crippen LogP contribution in [0.25, 0.3) is 11.0 Å². The molecule has 0 amide bonds. The van der Waals surface area contributed by atoms with E-state index in [1.807, 2.05) is 0 Å². The Morgan fingerprint density at radius 1 is 1.05 bits per heavy atom. The molecular formula is C8H10N4O5S2. The van der Waals surface area contributed by atoms with Gasteiger partial charge >= 0.3 is 0 Å². The lowest BCUT2D eigenvalue weighted by Gasteiger charge is -2.03. The number of fused-ring (bicyclic) bond motifs is 1. The second-order valence-corrected chi connectivity index (χ2v) is 7.65. The second-order valence-electron chi connectivity index (χ2n) is 3.81. The molecule has 11 heteroatoms. The Morgan fingerprint density at radius 3 is 2.16 bits per heavy atom. The molecule has 0 saturated heterocycles. The number of sulfone groups is 2. The Balaban J connectivity index is 2.99. The third-order valence-corrected chi connectivity index (χ3v) is 4.06. The maximum atomic E-state index is 11.7. The zero-order chi connectivity index (χ0) is 14.4. The first-order chi connectivity index (χ1) is 8.64. The van der Waals surface area contributed by atoms with Gasteiger partial charge in [0.1, 0.15) is 5.39 Å². The lowest BCUT2D eigenvalue weighted by atomic mass is 10.4. The van der Waals surface area contributed by atoms with Gasteiger partial charge in [-0.25, -0.2) is 26.9 Å². The Labute approximate surface area is 108 Å². The minimum absolute atomic E-state index is 0.0254. The number of methoxy groups -OCH3 is 1. The van der Waals surface area contributed by atoms with Gasteiger partial charge in [0.25, 0.3) is 0 Å². The van der Waals surface area contributed by atoms with Gasteiger partial charge in [0.2, 0.25) is 20.9 Å². The summed E-state index contributed by atoms with van der Waals surface area (Å²) in [6.45, 7) is 0. The van der Waals surface area contributed by atoms with Crippen LogP contribution in [0.3, 0.4) is 0 Å². The highest BCUT2D eigenvalue weighted by Gasteiger charge is 2.25. The summed E-state index contributed by atoms with van der Waals surface area (Å²) in [7, 11) is -6.22. The van der Waals surface area contributed by atoms with Crippen molar-refractivity contribution in [2.45, 2.75) is 10.2 Å². The Kier molecular flexibility index (Phi) is 2.97. The topological polar surface area (TPSA) is 132 Å². The molecule has 19 heavy (non-hydrogen) atoms. The van der Waals surface area contributed by atoms with Gasteiger partial charge < -0.3 is 4.74 Å². The summed E-state index contributed by atoms with van der Waals surface area (Å²) in [6.07, 6.45) is 1.79. The number of aromatic nitrogens is 4. The van der Waals surface area contributed by atoms with Crippen molar-refractivity contribution in [2.75, 3.05) is 19.6 Å². The summed E-state index contributed by atoms with van der Waals surface area (Å²) in [6, 6.07) is 0. The molecule has 2 aromatic rings. The molecule has 1 N–H and O–H groups in total. The summed E-state index contributed by atoms with van der Waals surface area (Å²) in [5, 5.41) is 5.11. The number of rotatable bonds is 3. The first kappa shape index (κ1) is 13.7. The summed E-state index contributed by atoms with van der Waals surface area (Å²) < 4.78 is 51.2. The van der Waals surface area contributed by atoms with Gasteiger partial charge in [-0.15, -0.1) is 0 Å². The molecule has 0 fully saturated rings. The maximum Gasteiger partial charge on any atom is 0.250 e. The van der Waals surface area contributed by atoms with E-state index in [4.69, 9.17) is 4.74 Å². The number of H-pyrrole nitrogens is 1. The zero-order valence-electron chi connectivity index (χ0n) is 10.2. The molecule has 0 aromatic carbocycles. The zero-order valence-corrected chi connectivity index (χ0v) is 11.8. The Morgan fingerprint density at radius 2 is 1.68 bits per heavy atom. The summed E-state index contributed by atoms with van der Waals surface area (Å²) in [5.74, 6) is 0.0514. The molecule has 2 heterocycles. The molecule has 2 rings (SSSR count). The van der Waals surface area contributed by atoms with Gasteiger partial charge in [0.15, 0.2) is 20.5 Å². The van der Waals surface area contributed by atoms with Gasteiger partial charge in [0, 0.05) is 12.5 Å². The number of hydrogen-bond donors (Lipinski definition) is 1. The van der Waals surface area contributed by atoms with Crippen LogP contribution in [0.1, 0.15) is 0 Å². The Bertz CT molecular complexity index is 853. The van der Waals surface area contributed by atoms with Crippen LogP contribution in [-0.4, -0.2) is 56.6 Å². The molecule has 9 nitrogen and oxygen atoms in total. The van der Waals surface area contributed by atoms with E-state index in [0.717, 1.165) is 12.5 Å². The van der Waals surface area contributed by atoms with Gasteiger partial charge in [-0.2, -0.15) is 10.1 Å². The van der Waals surface area contributed by atoms with E-state index >= 15 is 0 Å². The summed E-state index contributed by atoms with van der Waals surface area (Å²) in [5.41, 5.74) is -0.0901. The number of aromatic amines is 1. The highest BCUT2D eigenvalue weighted by Crippen LogP contribution is 2.27. The quantitative estimate of drug-likeness (QED) is 0.574. The molecular weight excluding hydrogens is 296 g/mol. The van der Waals surface area contributed by atoms with Crippen molar-refractivity contribution in [1.29, 1.82) is 0 Å². The number of hydrogen-bond acceptors (Lipinski definition) is 8. The predicted molar refractivity (Wildman–Crippen MR) is 64.5 cm³/mol. The normalized spacial score (nSPS) is 12.8. The van der Waals surface area contributed by atoms with Crippen LogP contribution in [0.2, 0.25) is 0 Å². The standard InChI is InChI=1S/C8H10N4O5S2/c1-17-6-4-5(11-12-6)9-8(19(3,15)16)10-7(4)18(2,13)14/h1-3H3,(H,9,10,11,12). The lowest BCUT2D eigenvalue weighted by molar-refractivity contribution is 0.400. The molecule has 2 aromatic heterocycles. The third-order valence-electron chi connectivity index (χ3n) is 2.21. The predicted octanol–water partition coefficient (Wildman–Crippen LogP) is -0.831. The highest BCUT2D eigenvalue weighted by molar-refractivity contribution is 7.91. The minimum Gasteiger partial charge on any atom is -0.481 e. The molecule has 0 bridgehead atoms. The fourth-order valence-corrected chi connectivity index (χ4v) is 2.81. The first-order valence-electron chi connectivity index (χ1n) is 4.85. The number of nitrogens with zero attached hydrogens (tertiary/aromatic N) is 3. The summed E-state index contributed by atoms with van der Waals surface area (Å²) >= 11 is 0. The van der Waals surface area contributed by atoms with E-state index < -0.39 is 29.9 Å². The SMILES string of the molecule is COc1[nH]nc2nc(S(C)(=O)=O)nc(S(C)(=O)=O)c12. The van der Waals surface area contributed by atoms with Crippen molar-refractivity contribution in [3.63, 3.8) is 0 Å². The molecule has 0 aliphatic carbocycles. The van der Waals surface area contributed by atoms with Gasteiger partial charge in [0.05, 0.1) is 7.11 Å².